The lowest BCUT2D eigenvalue weighted by Crippen LogP contribution is -2.62. The molecule has 1 amide bonds. The zero-order valence-corrected chi connectivity index (χ0v) is 19.3. The fraction of sp³-hybridized carbons (Fsp3) is 0.500. The average Bonchev–Trinajstić information content (AvgIpc) is 2.98. The predicted molar refractivity (Wildman–Crippen MR) is 121 cm³/mol. The van der Waals surface area contributed by atoms with Crippen molar-refractivity contribution < 1.29 is 22.7 Å². The number of rotatable bonds is 7. The van der Waals surface area contributed by atoms with Gasteiger partial charge >= 0.3 is 0 Å². The van der Waals surface area contributed by atoms with Gasteiger partial charge in [-0.1, -0.05) is 30.1 Å². The van der Waals surface area contributed by atoms with E-state index in [0.717, 1.165) is 31.2 Å². The number of ether oxygens (including phenoxy) is 1. The Morgan fingerprint density at radius 3 is 2.61 bits per heavy atom. The van der Waals surface area contributed by atoms with Crippen LogP contribution in [0.15, 0.2) is 36.4 Å². The van der Waals surface area contributed by atoms with E-state index in [1.807, 2.05) is 0 Å². The van der Waals surface area contributed by atoms with Crippen LogP contribution >= 0.6 is 11.9 Å². The third kappa shape index (κ3) is 3.69. The fourth-order valence-corrected chi connectivity index (χ4v) is 6.11. The van der Waals surface area contributed by atoms with Gasteiger partial charge in [-0.05, 0) is 55.6 Å². The summed E-state index contributed by atoms with van der Waals surface area (Å²) in [7, 11) is 1.48. The summed E-state index contributed by atoms with van der Waals surface area (Å²) in [5.74, 6) is -2.91. The number of aromatic nitrogens is 1. The molecule has 4 aliphatic rings. The average molecular weight is 478 g/mol. The second-order valence-electron chi connectivity index (χ2n) is 9.37. The molecule has 5 nitrogen and oxygen atoms in total. The highest BCUT2D eigenvalue weighted by Crippen LogP contribution is 2.65. The van der Waals surface area contributed by atoms with Crippen LogP contribution < -0.4 is 9.46 Å². The minimum Gasteiger partial charge on any atom is -0.481 e. The summed E-state index contributed by atoms with van der Waals surface area (Å²) in [6.07, 6.45) is 4.02. The fourth-order valence-electron chi connectivity index (χ4n) is 5.53. The number of amides is 1. The summed E-state index contributed by atoms with van der Waals surface area (Å²) in [6.45, 7) is -0.639. The summed E-state index contributed by atoms with van der Waals surface area (Å²) in [5.41, 5.74) is 0.468. The van der Waals surface area contributed by atoms with Crippen molar-refractivity contribution in [2.75, 3.05) is 19.9 Å². The van der Waals surface area contributed by atoms with E-state index in [9.17, 15) is 4.79 Å². The standard InChI is InChI=1S/C24H26F3N3O2S/c1-32-19-8-4-7-17(28-19)16-6-3-5-15(20(16)25)9-18-21(29-33-2)24(26,27)13-30(18)22(31)23-10-14(11-23)12-23/h3-8,14,18,21,29H,9-13H2,1-2H3/t14?,18-,21+,23?/m0/s1. The first kappa shape index (κ1) is 22.5. The molecule has 2 atom stereocenters. The SMILES string of the molecule is COc1cccc(-c2cccc(C[C@H]3[C@@H](NSC)C(F)(F)CN3C(=O)C34CC(C3)C4)c2F)n1. The molecule has 0 unspecified atom stereocenters. The van der Waals surface area contributed by atoms with E-state index in [2.05, 4.69) is 9.71 Å². The zero-order chi connectivity index (χ0) is 23.4. The van der Waals surface area contributed by atoms with E-state index in [1.165, 1.54) is 12.0 Å². The van der Waals surface area contributed by atoms with E-state index < -0.39 is 35.8 Å². The van der Waals surface area contributed by atoms with Crippen molar-refractivity contribution in [3.8, 4) is 17.1 Å². The third-order valence-electron chi connectivity index (χ3n) is 7.34. The van der Waals surface area contributed by atoms with Crippen molar-refractivity contribution in [3.63, 3.8) is 0 Å². The van der Waals surface area contributed by atoms with Gasteiger partial charge in [-0.2, -0.15) is 0 Å². The molecule has 4 fully saturated rings. The number of likely N-dealkylation sites (tertiary alicyclic amines) is 1. The number of halogens is 3. The first-order chi connectivity index (χ1) is 15.8. The van der Waals surface area contributed by atoms with Crippen molar-refractivity contribution in [3.05, 3.63) is 47.8 Å². The Balaban J connectivity index is 1.48. The van der Waals surface area contributed by atoms with Gasteiger partial charge in [0.25, 0.3) is 5.92 Å². The molecule has 2 heterocycles. The van der Waals surface area contributed by atoms with E-state index in [-0.39, 0.29) is 23.5 Å². The van der Waals surface area contributed by atoms with E-state index in [0.29, 0.717) is 17.5 Å². The van der Waals surface area contributed by atoms with Crippen molar-refractivity contribution >= 4 is 17.9 Å². The normalized spacial score (nSPS) is 29.4. The predicted octanol–water partition coefficient (Wildman–Crippen LogP) is 4.32. The topological polar surface area (TPSA) is 54.5 Å². The third-order valence-corrected chi connectivity index (χ3v) is 7.82. The number of benzene rings is 1. The molecule has 0 radical (unpaired) electrons. The monoisotopic (exact) mass is 477 g/mol. The Morgan fingerprint density at radius 2 is 1.97 bits per heavy atom. The van der Waals surface area contributed by atoms with Crippen molar-refractivity contribution in [2.45, 2.75) is 43.7 Å². The van der Waals surface area contributed by atoms with Gasteiger partial charge in [0.15, 0.2) is 0 Å². The molecule has 1 aliphatic heterocycles. The Labute approximate surface area is 195 Å². The second-order valence-corrected chi connectivity index (χ2v) is 10.0. The van der Waals surface area contributed by atoms with Crippen LogP contribution in [0.1, 0.15) is 24.8 Å². The van der Waals surface area contributed by atoms with Crippen LogP contribution in [0.4, 0.5) is 13.2 Å². The Hall–Kier alpha value is -2.26. The molecular formula is C24H26F3N3O2S. The number of carbonyl (C=O) groups is 1. The molecule has 3 aliphatic carbocycles. The van der Waals surface area contributed by atoms with Gasteiger partial charge in [0.2, 0.25) is 11.8 Å². The number of hydrogen-bond acceptors (Lipinski definition) is 5. The molecule has 2 aromatic rings. The van der Waals surface area contributed by atoms with Crippen molar-refractivity contribution in [2.24, 2.45) is 11.3 Å². The maximum atomic E-state index is 15.6. The number of nitrogens with zero attached hydrogens (tertiary/aromatic N) is 2. The number of nitrogens with one attached hydrogen (secondary N) is 1. The van der Waals surface area contributed by atoms with E-state index in [4.69, 9.17) is 4.74 Å². The smallest absolute Gasteiger partial charge is 0.283 e. The Kier molecular flexibility index (Phi) is 5.60. The molecule has 3 saturated carbocycles. The highest BCUT2D eigenvalue weighted by atomic mass is 32.2. The number of pyridine rings is 1. The van der Waals surface area contributed by atoms with Crippen LogP contribution in [0.2, 0.25) is 0 Å². The molecule has 9 heteroatoms. The van der Waals surface area contributed by atoms with Crippen LogP contribution in [-0.4, -0.2) is 53.7 Å². The van der Waals surface area contributed by atoms with Gasteiger partial charge in [0.1, 0.15) is 11.9 Å². The Bertz CT molecular complexity index is 1070. The summed E-state index contributed by atoms with van der Waals surface area (Å²) in [5, 5.41) is 0. The summed E-state index contributed by atoms with van der Waals surface area (Å²) < 4.78 is 53.6. The first-order valence-electron chi connectivity index (χ1n) is 11.0. The molecule has 2 bridgehead atoms. The van der Waals surface area contributed by atoms with Gasteiger partial charge in [-0.3, -0.25) is 9.52 Å². The van der Waals surface area contributed by atoms with Gasteiger partial charge in [0, 0.05) is 11.6 Å². The lowest BCUT2D eigenvalue weighted by Gasteiger charge is -2.61. The molecule has 33 heavy (non-hydrogen) atoms. The van der Waals surface area contributed by atoms with E-state index in [1.54, 1.807) is 42.7 Å². The van der Waals surface area contributed by atoms with Crippen LogP contribution in [0.5, 0.6) is 5.88 Å². The molecule has 1 saturated heterocycles. The molecule has 1 N–H and O–H groups in total. The van der Waals surface area contributed by atoms with Gasteiger partial charge in [-0.15, -0.1) is 0 Å². The summed E-state index contributed by atoms with van der Waals surface area (Å²) in [6, 6.07) is 7.82. The van der Waals surface area contributed by atoms with Crippen LogP contribution in [0, 0.1) is 17.2 Å². The van der Waals surface area contributed by atoms with Gasteiger partial charge in [0.05, 0.1) is 30.8 Å². The lowest BCUT2D eigenvalue weighted by atomic mass is 9.44. The largest absolute Gasteiger partial charge is 0.481 e. The van der Waals surface area contributed by atoms with Gasteiger partial charge < -0.3 is 9.64 Å². The molecular weight excluding hydrogens is 451 g/mol. The van der Waals surface area contributed by atoms with Crippen LogP contribution in [0.3, 0.4) is 0 Å². The summed E-state index contributed by atoms with van der Waals surface area (Å²) >= 11 is 1.09. The highest BCUT2D eigenvalue weighted by molar-refractivity contribution is 7.96. The lowest BCUT2D eigenvalue weighted by molar-refractivity contribution is -0.178. The number of methoxy groups -OCH3 is 1. The quantitative estimate of drug-likeness (QED) is 0.602. The van der Waals surface area contributed by atoms with Crippen LogP contribution in [-0.2, 0) is 11.2 Å². The molecule has 1 aromatic heterocycles. The second kappa shape index (κ2) is 8.20. The maximum Gasteiger partial charge on any atom is 0.283 e. The summed E-state index contributed by atoms with van der Waals surface area (Å²) in [4.78, 5) is 18.9. The minimum atomic E-state index is -3.10. The number of carbonyl (C=O) groups excluding carboxylic acids is 1. The minimum absolute atomic E-state index is 0.0112. The molecule has 176 valence electrons. The van der Waals surface area contributed by atoms with Crippen molar-refractivity contribution in [1.82, 2.24) is 14.6 Å². The number of alkyl halides is 2. The zero-order valence-electron chi connectivity index (χ0n) is 18.5. The molecule has 0 spiro atoms. The van der Waals surface area contributed by atoms with Gasteiger partial charge in [-0.25, -0.2) is 18.2 Å². The van der Waals surface area contributed by atoms with Crippen molar-refractivity contribution in [1.29, 1.82) is 0 Å². The maximum absolute atomic E-state index is 15.6. The van der Waals surface area contributed by atoms with Crippen LogP contribution in [0.25, 0.3) is 11.3 Å². The first-order valence-corrected chi connectivity index (χ1v) is 12.3. The highest BCUT2D eigenvalue weighted by Gasteiger charge is 2.66. The van der Waals surface area contributed by atoms with E-state index >= 15 is 13.2 Å². The number of hydrogen-bond donors (Lipinski definition) is 1. The Morgan fingerprint density at radius 1 is 1.24 bits per heavy atom. The molecule has 6 rings (SSSR count). The molecule has 1 aromatic carbocycles.